The molecule has 1 atom stereocenters. The summed E-state index contributed by atoms with van der Waals surface area (Å²) in [5.41, 5.74) is -1.96. The van der Waals surface area contributed by atoms with Crippen molar-refractivity contribution in [3.63, 3.8) is 0 Å². The van der Waals surface area contributed by atoms with Crippen LogP contribution in [0.2, 0.25) is 0 Å². The minimum absolute atomic E-state index is 0.0190. The fourth-order valence-corrected chi connectivity index (χ4v) is 4.20. The Labute approximate surface area is 155 Å². The van der Waals surface area contributed by atoms with Crippen LogP contribution in [0, 0.1) is 16.0 Å². The van der Waals surface area contributed by atoms with Crippen LogP contribution >= 0.6 is 0 Å². The van der Waals surface area contributed by atoms with Gasteiger partial charge in [-0.3, -0.25) is 10.1 Å². The average molecular weight is 410 g/mol. The molecule has 1 aromatic carbocycles. The Hall–Kier alpha value is -1.92. The molecular formula is C15H21F3N4O4S. The van der Waals surface area contributed by atoms with Crippen molar-refractivity contribution < 1.29 is 26.5 Å². The minimum atomic E-state index is -4.69. The number of nitro benzene ring substituents is 1. The van der Waals surface area contributed by atoms with Crippen LogP contribution < -0.4 is 10.0 Å². The third-order valence-corrected chi connectivity index (χ3v) is 5.79. The van der Waals surface area contributed by atoms with Gasteiger partial charge in [0.15, 0.2) is 0 Å². The van der Waals surface area contributed by atoms with Gasteiger partial charge in [-0.1, -0.05) is 6.92 Å². The van der Waals surface area contributed by atoms with Gasteiger partial charge >= 0.3 is 6.18 Å². The third-order valence-electron chi connectivity index (χ3n) is 4.21. The molecule has 0 amide bonds. The molecule has 1 aromatic rings. The highest BCUT2D eigenvalue weighted by molar-refractivity contribution is 7.87. The Bertz CT molecular complexity index is 786. The lowest BCUT2D eigenvalue weighted by atomic mass is 10.0. The van der Waals surface area contributed by atoms with Gasteiger partial charge in [0, 0.05) is 32.2 Å². The molecule has 1 aliphatic rings. The molecule has 0 bridgehead atoms. The Morgan fingerprint density at radius 3 is 2.63 bits per heavy atom. The van der Waals surface area contributed by atoms with Crippen LogP contribution in [0.25, 0.3) is 0 Å². The molecule has 12 heteroatoms. The lowest BCUT2D eigenvalue weighted by Gasteiger charge is -2.30. The lowest BCUT2D eigenvalue weighted by Crippen LogP contribution is -2.46. The largest absolute Gasteiger partial charge is 0.416 e. The van der Waals surface area contributed by atoms with Crippen molar-refractivity contribution in [3.05, 3.63) is 33.9 Å². The van der Waals surface area contributed by atoms with Crippen LogP contribution in [0.5, 0.6) is 0 Å². The van der Waals surface area contributed by atoms with E-state index >= 15 is 0 Å². The van der Waals surface area contributed by atoms with Gasteiger partial charge in [-0.2, -0.15) is 25.9 Å². The summed E-state index contributed by atoms with van der Waals surface area (Å²) < 4.78 is 66.2. The smallest absolute Gasteiger partial charge is 0.378 e. The number of nitrogens with one attached hydrogen (secondary N) is 2. The zero-order chi connectivity index (χ0) is 20.2. The molecule has 0 radical (unpaired) electrons. The van der Waals surface area contributed by atoms with Gasteiger partial charge in [-0.15, -0.1) is 0 Å². The monoisotopic (exact) mass is 410 g/mol. The fraction of sp³-hybridized carbons (Fsp3) is 0.600. The van der Waals surface area contributed by atoms with Gasteiger partial charge in [0.05, 0.1) is 10.5 Å². The molecule has 1 saturated heterocycles. The Kier molecular flexibility index (Phi) is 6.65. The van der Waals surface area contributed by atoms with Gasteiger partial charge in [0.1, 0.15) is 5.69 Å². The normalized spacial score (nSPS) is 19.0. The molecule has 0 saturated carbocycles. The van der Waals surface area contributed by atoms with Crippen LogP contribution in [-0.4, -0.2) is 43.8 Å². The highest BCUT2D eigenvalue weighted by atomic mass is 32.2. The summed E-state index contributed by atoms with van der Waals surface area (Å²) in [5.74, 6) is 0.267. The summed E-state index contributed by atoms with van der Waals surface area (Å²) in [7, 11) is -3.66. The second-order valence-corrected chi connectivity index (χ2v) is 8.17. The molecule has 1 fully saturated rings. The number of piperidine rings is 1. The first kappa shape index (κ1) is 21.4. The second kappa shape index (κ2) is 8.40. The number of rotatable bonds is 7. The molecule has 0 spiro atoms. The van der Waals surface area contributed by atoms with Crippen molar-refractivity contribution in [2.45, 2.75) is 25.9 Å². The highest BCUT2D eigenvalue weighted by Crippen LogP contribution is 2.34. The van der Waals surface area contributed by atoms with E-state index in [1.165, 1.54) is 4.31 Å². The summed E-state index contributed by atoms with van der Waals surface area (Å²) >= 11 is 0. The minimum Gasteiger partial charge on any atom is -0.378 e. The summed E-state index contributed by atoms with van der Waals surface area (Å²) in [4.78, 5) is 10.1. The van der Waals surface area contributed by atoms with Gasteiger partial charge in [0.25, 0.3) is 15.9 Å². The molecule has 0 aromatic heterocycles. The Balaban J connectivity index is 1.96. The zero-order valence-corrected chi connectivity index (χ0v) is 15.4. The van der Waals surface area contributed by atoms with Crippen molar-refractivity contribution in [2.75, 3.05) is 31.5 Å². The molecule has 2 rings (SSSR count). The molecular weight excluding hydrogens is 389 g/mol. The number of hydrogen-bond donors (Lipinski definition) is 2. The van der Waals surface area contributed by atoms with E-state index in [0.717, 1.165) is 25.0 Å². The number of alkyl halides is 3. The molecule has 2 N–H and O–H groups in total. The maximum atomic E-state index is 12.7. The van der Waals surface area contributed by atoms with E-state index in [4.69, 9.17) is 0 Å². The van der Waals surface area contributed by atoms with Crippen molar-refractivity contribution in [1.82, 2.24) is 9.03 Å². The van der Waals surface area contributed by atoms with E-state index in [9.17, 15) is 31.7 Å². The molecule has 152 valence electrons. The summed E-state index contributed by atoms with van der Waals surface area (Å²) in [6.45, 7) is 2.73. The van der Waals surface area contributed by atoms with E-state index < -0.39 is 32.6 Å². The maximum absolute atomic E-state index is 12.7. The van der Waals surface area contributed by atoms with Crippen LogP contribution in [0.1, 0.15) is 25.3 Å². The standard InChI is InChI=1S/C15H21F3N4O4S/c1-11-3-2-8-21(10-11)27(25,26)20-7-6-19-13-5-4-12(15(16,17)18)9-14(13)22(23)24/h4-5,9,11,19-20H,2-3,6-8,10H2,1H3. The van der Waals surface area contributed by atoms with E-state index in [1.807, 2.05) is 6.92 Å². The predicted molar refractivity (Wildman–Crippen MR) is 93.5 cm³/mol. The average Bonchev–Trinajstić information content (AvgIpc) is 2.57. The fourth-order valence-electron chi connectivity index (χ4n) is 2.84. The van der Waals surface area contributed by atoms with Gasteiger partial charge in [0.2, 0.25) is 0 Å². The topological polar surface area (TPSA) is 105 Å². The molecule has 1 heterocycles. The predicted octanol–water partition coefficient (Wildman–Crippen LogP) is 2.59. The van der Waals surface area contributed by atoms with Gasteiger partial charge in [-0.05, 0) is 30.9 Å². The van der Waals surface area contributed by atoms with Crippen molar-refractivity contribution in [1.29, 1.82) is 0 Å². The lowest BCUT2D eigenvalue weighted by molar-refractivity contribution is -0.384. The first-order valence-electron chi connectivity index (χ1n) is 8.35. The molecule has 1 aliphatic heterocycles. The first-order chi connectivity index (χ1) is 12.5. The molecule has 27 heavy (non-hydrogen) atoms. The number of halogens is 3. The Morgan fingerprint density at radius 2 is 2.04 bits per heavy atom. The van der Waals surface area contributed by atoms with Crippen molar-refractivity contribution >= 4 is 21.6 Å². The number of nitro groups is 1. The van der Waals surface area contributed by atoms with E-state index in [0.29, 0.717) is 19.2 Å². The van der Waals surface area contributed by atoms with Crippen LogP contribution in [0.15, 0.2) is 18.2 Å². The van der Waals surface area contributed by atoms with Crippen molar-refractivity contribution in [2.24, 2.45) is 5.92 Å². The van der Waals surface area contributed by atoms with Gasteiger partial charge < -0.3 is 5.32 Å². The SMILES string of the molecule is CC1CCCN(S(=O)(=O)NCCNc2ccc(C(F)(F)F)cc2[N+](=O)[O-])C1. The maximum Gasteiger partial charge on any atom is 0.416 e. The van der Waals surface area contributed by atoms with Crippen LogP contribution in [0.4, 0.5) is 24.5 Å². The quantitative estimate of drug-likeness (QED) is 0.408. The Morgan fingerprint density at radius 1 is 1.33 bits per heavy atom. The summed E-state index contributed by atoms with van der Waals surface area (Å²) in [6.07, 6.45) is -2.95. The molecule has 0 aliphatic carbocycles. The van der Waals surface area contributed by atoms with Crippen LogP contribution in [-0.2, 0) is 16.4 Å². The van der Waals surface area contributed by atoms with E-state index in [2.05, 4.69) is 10.0 Å². The highest BCUT2D eigenvalue weighted by Gasteiger charge is 2.33. The van der Waals surface area contributed by atoms with Crippen LogP contribution in [0.3, 0.4) is 0 Å². The number of benzene rings is 1. The molecule has 8 nitrogen and oxygen atoms in total. The number of nitrogens with zero attached hydrogens (tertiary/aromatic N) is 2. The number of hydrogen-bond acceptors (Lipinski definition) is 5. The summed E-state index contributed by atoms with van der Waals surface area (Å²) in [5, 5.41) is 13.6. The van der Waals surface area contributed by atoms with Crippen molar-refractivity contribution in [3.8, 4) is 0 Å². The van der Waals surface area contributed by atoms with Gasteiger partial charge in [-0.25, -0.2) is 4.72 Å². The second-order valence-electron chi connectivity index (χ2n) is 6.42. The molecule has 1 unspecified atom stereocenters. The van der Waals surface area contributed by atoms with E-state index in [-0.39, 0.29) is 24.7 Å². The first-order valence-corrected chi connectivity index (χ1v) is 9.79. The summed E-state index contributed by atoms with van der Waals surface area (Å²) in [6, 6.07) is 2.14. The third kappa shape index (κ3) is 5.78. The zero-order valence-electron chi connectivity index (χ0n) is 14.6. The van der Waals surface area contributed by atoms with E-state index in [1.54, 1.807) is 0 Å². The number of anilines is 1.